The summed E-state index contributed by atoms with van der Waals surface area (Å²) in [6.45, 7) is 1.13. The van der Waals surface area contributed by atoms with Gasteiger partial charge in [-0.25, -0.2) is 18.6 Å². The molecule has 5 N–H and O–H groups in total. The Bertz CT molecular complexity index is 1310. The van der Waals surface area contributed by atoms with E-state index >= 15 is 0 Å². The fraction of sp³-hybridized carbons (Fsp3) is 0.333. The molecule has 14 heteroatoms. The maximum Gasteiger partial charge on any atom is 0.469 e. The number of rotatable bonds is 9. The van der Waals surface area contributed by atoms with Crippen molar-refractivity contribution in [3.63, 3.8) is 0 Å². The number of nitrogens with one attached hydrogen (secondary N) is 1. The normalized spacial score (nSPS) is 19.4. The number of phosphoric ester groups is 1. The fourth-order valence-corrected chi connectivity index (χ4v) is 4.42. The van der Waals surface area contributed by atoms with Gasteiger partial charge in [0.15, 0.2) is 11.4 Å². The van der Waals surface area contributed by atoms with Gasteiger partial charge in [-0.15, -0.1) is 0 Å². The number of benzene rings is 1. The summed E-state index contributed by atoms with van der Waals surface area (Å²) in [5.41, 5.74) is 1.34. The van der Waals surface area contributed by atoms with Crippen molar-refractivity contribution in [2.45, 2.75) is 31.5 Å². The van der Waals surface area contributed by atoms with E-state index in [2.05, 4.69) is 19.9 Å². The SMILES string of the molecule is C[C@H](Nc1cc(Cl)nc2c1cnn2[C@@H]1CC(OCCOP(=O)(O)O)=C(O)[C@H]1O)c1ccccc1F. The van der Waals surface area contributed by atoms with Gasteiger partial charge in [0.25, 0.3) is 0 Å². The number of aliphatic hydroxyl groups is 2. The third kappa shape index (κ3) is 5.58. The molecule has 2 aromatic heterocycles. The van der Waals surface area contributed by atoms with Crippen molar-refractivity contribution in [1.82, 2.24) is 14.8 Å². The van der Waals surface area contributed by atoms with Gasteiger partial charge >= 0.3 is 7.82 Å². The molecule has 0 bridgehead atoms. The van der Waals surface area contributed by atoms with Crippen LogP contribution >= 0.6 is 19.4 Å². The molecule has 3 atom stereocenters. The molecule has 2 heterocycles. The van der Waals surface area contributed by atoms with E-state index in [9.17, 15) is 19.2 Å². The number of phosphoric acid groups is 1. The Labute approximate surface area is 204 Å². The summed E-state index contributed by atoms with van der Waals surface area (Å²) in [6.07, 6.45) is 0.179. The van der Waals surface area contributed by atoms with Crippen molar-refractivity contribution in [1.29, 1.82) is 0 Å². The molecule has 1 aliphatic rings. The molecule has 0 fully saturated rings. The van der Waals surface area contributed by atoms with Gasteiger partial charge in [0.05, 0.1) is 36.0 Å². The Balaban J connectivity index is 1.54. The van der Waals surface area contributed by atoms with Crippen LogP contribution in [0.1, 0.15) is 31.0 Å². The van der Waals surface area contributed by atoms with E-state index in [-0.39, 0.29) is 29.8 Å². The predicted molar refractivity (Wildman–Crippen MR) is 124 cm³/mol. The summed E-state index contributed by atoms with van der Waals surface area (Å²) in [7, 11) is -4.65. The van der Waals surface area contributed by atoms with E-state index in [1.807, 2.05) is 0 Å². The lowest BCUT2D eigenvalue weighted by Crippen LogP contribution is -2.22. The van der Waals surface area contributed by atoms with Gasteiger partial charge in [-0.05, 0) is 19.1 Å². The van der Waals surface area contributed by atoms with E-state index in [0.29, 0.717) is 22.3 Å². The molecule has 1 aliphatic carbocycles. The Morgan fingerprint density at radius 2 is 2.09 bits per heavy atom. The second kappa shape index (κ2) is 10.1. The molecule has 188 valence electrons. The average molecular weight is 529 g/mol. The Morgan fingerprint density at radius 3 is 2.80 bits per heavy atom. The Kier molecular flexibility index (Phi) is 7.32. The van der Waals surface area contributed by atoms with Crippen LogP contribution in [0.5, 0.6) is 0 Å². The maximum atomic E-state index is 14.2. The lowest BCUT2D eigenvalue weighted by molar-refractivity contribution is 0.109. The molecular formula is C21H23ClFN4O7P. The number of hydrogen-bond donors (Lipinski definition) is 5. The minimum absolute atomic E-state index is 0.0300. The summed E-state index contributed by atoms with van der Waals surface area (Å²) in [5, 5.41) is 29.1. The maximum absolute atomic E-state index is 14.2. The summed E-state index contributed by atoms with van der Waals surface area (Å²) >= 11 is 6.24. The van der Waals surface area contributed by atoms with Gasteiger partial charge < -0.3 is 30.1 Å². The molecule has 0 saturated carbocycles. The number of hydrogen-bond acceptors (Lipinski definition) is 8. The van der Waals surface area contributed by atoms with Crippen LogP contribution in [0, 0.1) is 5.82 Å². The third-order valence-corrected chi connectivity index (χ3v) is 6.25. The quantitative estimate of drug-likeness (QED) is 0.158. The van der Waals surface area contributed by atoms with Crippen molar-refractivity contribution in [3.8, 4) is 0 Å². The largest absolute Gasteiger partial charge is 0.506 e. The highest BCUT2D eigenvalue weighted by molar-refractivity contribution is 7.46. The van der Waals surface area contributed by atoms with Crippen molar-refractivity contribution in [2.24, 2.45) is 0 Å². The first-order chi connectivity index (χ1) is 16.5. The first-order valence-corrected chi connectivity index (χ1v) is 12.4. The van der Waals surface area contributed by atoms with E-state index in [1.54, 1.807) is 31.2 Å². The first kappa shape index (κ1) is 25.4. The highest BCUT2D eigenvalue weighted by atomic mass is 35.5. The monoisotopic (exact) mass is 528 g/mol. The van der Waals surface area contributed by atoms with Crippen molar-refractivity contribution in [2.75, 3.05) is 18.5 Å². The van der Waals surface area contributed by atoms with Crippen LogP contribution in [0.3, 0.4) is 0 Å². The number of halogens is 2. The molecule has 4 rings (SSSR count). The highest BCUT2D eigenvalue weighted by Gasteiger charge is 2.38. The van der Waals surface area contributed by atoms with Crippen LogP contribution in [-0.4, -0.2) is 54.1 Å². The molecule has 35 heavy (non-hydrogen) atoms. The smallest absolute Gasteiger partial charge is 0.469 e. The minimum atomic E-state index is -4.65. The third-order valence-electron chi connectivity index (χ3n) is 5.54. The molecule has 0 saturated heterocycles. The first-order valence-electron chi connectivity index (χ1n) is 10.5. The zero-order valence-corrected chi connectivity index (χ0v) is 20.0. The standard InChI is InChI=1S/C21H23ClFN4O7P/c1-11(12-4-2-3-5-14(12)23)25-15-8-18(22)26-21-13(15)10-24-27(21)16-9-17(20(29)19(16)28)33-6-7-34-35(30,31)32/h2-5,8,10-11,16,19,28-29H,6-7,9H2,1H3,(H,25,26)(H2,30,31,32)/t11-,16+,19-/m0/s1. The molecule has 0 spiro atoms. The number of nitrogens with zero attached hydrogens (tertiary/aromatic N) is 3. The Morgan fingerprint density at radius 1 is 1.34 bits per heavy atom. The second-order valence-electron chi connectivity index (χ2n) is 7.90. The summed E-state index contributed by atoms with van der Waals surface area (Å²) < 4.78 is 36.0. The number of allylic oxidation sites excluding steroid dienone is 1. The van der Waals surface area contributed by atoms with Crippen LogP contribution in [0.4, 0.5) is 10.1 Å². The van der Waals surface area contributed by atoms with Crippen LogP contribution in [0.15, 0.2) is 48.0 Å². The van der Waals surface area contributed by atoms with Crippen LogP contribution in [0.25, 0.3) is 11.0 Å². The van der Waals surface area contributed by atoms with E-state index < -0.39 is 38.4 Å². The fourth-order valence-electron chi connectivity index (χ4n) is 3.91. The summed E-state index contributed by atoms with van der Waals surface area (Å²) in [6, 6.07) is 6.79. The molecule has 11 nitrogen and oxygen atoms in total. The summed E-state index contributed by atoms with van der Waals surface area (Å²) in [4.78, 5) is 21.8. The minimum Gasteiger partial charge on any atom is -0.506 e. The van der Waals surface area contributed by atoms with E-state index in [1.165, 1.54) is 16.9 Å². The molecule has 0 radical (unpaired) electrons. The van der Waals surface area contributed by atoms with Crippen molar-refractivity contribution >= 4 is 36.1 Å². The van der Waals surface area contributed by atoms with Gasteiger partial charge in [0.1, 0.15) is 29.4 Å². The predicted octanol–water partition coefficient (Wildman–Crippen LogP) is 3.60. The van der Waals surface area contributed by atoms with Gasteiger partial charge in [-0.2, -0.15) is 5.10 Å². The van der Waals surface area contributed by atoms with E-state index in [0.717, 1.165) is 0 Å². The van der Waals surface area contributed by atoms with Gasteiger partial charge in [-0.3, -0.25) is 4.52 Å². The lowest BCUT2D eigenvalue weighted by atomic mass is 10.1. The molecule has 0 aliphatic heterocycles. The van der Waals surface area contributed by atoms with Crippen molar-refractivity contribution < 1.29 is 38.2 Å². The van der Waals surface area contributed by atoms with Crippen LogP contribution < -0.4 is 5.32 Å². The topological polar surface area (TPSA) is 159 Å². The number of pyridine rings is 1. The molecule has 0 unspecified atom stereocenters. The van der Waals surface area contributed by atoms with Gasteiger partial charge in [0, 0.05) is 12.0 Å². The van der Waals surface area contributed by atoms with Crippen LogP contribution in [-0.2, 0) is 13.8 Å². The molecule has 0 amide bonds. The zero-order chi connectivity index (χ0) is 25.3. The zero-order valence-electron chi connectivity index (χ0n) is 18.4. The number of fused-ring (bicyclic) bond motifs is 1. The van der Waals surface area contributed by atoms with E-state index in [4.69, 9.17) is 26.1 Å². The van der Waals surface area contributed by atoms with Gasteiger partial charge in [0.2, 0.25) is 0 Å². The van der Waals surface area contributed by atoms with Gasteiger partial charge in [-0.1, -0.05) is 29.8 Å². The van der Waals surface area contributed by atoms with Crippen LogP contribution in [0.2, 0.25) is 5.15 Å². The number of ether oxygens (including phenoxy) is 1. The van der Waals surface area contributed by atoms with Crippen molar-refractivity contribution in [3.05, 3.63) is 64.6 Å². The second-order valence-corrected chi connectivity index (χ2v) is 9.53. The average Bonchev–Trinajstić information content (AvgIpc) is 3.32. The number of aliphatic hydroxyl groups excluding tert-OH is 2. The molecule has 1 aromatic carbocycles. The number of aromatic nitrogens is 3. The Hall–Kier alpha value is -2.73. The highest BCUT2D eigenvalue weighted by Crippen LogP contribution is 2.39. The summed E-state index contributed by atoms with van der Waals surface area (Å²) in [5.74, 6) is -0.744. The molecule has 3 aromatic rings. The molecular weight excluding hydrogens is 506 g/mol. The lowest BCUT2D eigenvalue weighted by Gasteiger charge is -2.18. The number of anilines is 1.